The van der Waals surface area contributed by atoms with Crippen LogP contribution in [0.5, 0.6) is 0 Å². The molecule has 0 radical (unpaired) electrons. The molecule has 1 unspecified atom stereocenters. The van der Waals surface area contributed by atoms with Gasteiger partial charge in [-0.15, -0.1) is 0 Å². The molecule has 6 nitrogen and oxygen atoms in total. The van der Waals surface area contributed by atoms with Crippen molar-refractivity contribution in [3.05, 3.63) is 69.5 Å². The summed E-state index contributed by atoms with van der Waals surface area (Å²) in [5.74, 6) is -0.555. The number of hydrogen-bond acceptors (Lipinski definition) is 4. The average molecular weight is 432 g/mol. The molecule has 1 aromatic carbocycles. The molecule has 0 bridgehead atoms. The fourth-order valence-corrected chi connectivity index (χ4v) is 3.51. The second-order valence-corrected chi connectivity index (χ2v) is 7.14. The van der Waals surface area contributed by atoms with E-state index < -0.39 is 0 Å². The van der Waals surface area contributed by atoms with Crippen LogP contribution < -0.4 is 5.43 Å². The summed E-state index contributed by atoms with van der Waals surface area (Å²) in [5, 5.41) is 2.52. The first kappa shape index (κ1) is 16.9. The van der Waals surface area contributed by atoms with Crippen LogP contribution in [0.2, 0.25) is 5.15 Å². The Morgan fingerprint density at radius 3 is 2.73 bits per heavy atom. The fourth-order valence-electron chi connectivity index (χ4n) is 2.86. The SMILES string of the molecule is O=C(NN1C(=O)CC1c1cc2cc(Br)ccc2nc1Cl)c1ccncc1. The standard InChI is InChI=1S/C18H12BrClN4O2/c19-12-1-2-14-11(7-12)8-13(17(20)22-14)15-9-16(25)24(15)23-18(26)10-3-5-21-6-4-10/h1-8,15H,9H2,(H,23,26). The van der Waals surface area contributed by atoms with Crippen LogP contribution in [0.15, 0.2) is 53.3 Å². The molecular weight excluding hydrogens is 420 g/mol. The molecule has 3 aromatic rings. The average Bonchev–Trinajstić information content (AvgIpc) is 2.64. The van der Waals surface area contributed by atoms with E-state index in [-0.39, 0.29) is 24.3 Å². The van der Waals surface area contributed by atoms with Crippen molar-refractivity contribution in [2.45, 2.75) is 12.5 Å². The Morgan fingerprint density at radius 1 is 1.23 bits per heavy atom. The molecule has 1 atom stereocenters. The first-order valence-corrected chi connectivity index (χ1v) is 8.99. The number of hydrazine groups is 1. The van der Waals surface area contributed by atoms with Gasteiger partial charge in [-0.1, -0.05) is 27.5 Å². The second-order valence-electron chi connectivity index (χ2n) is 5.87. The van der Waals surface area contributed by atoms with Crippen molar-refractivity contribution in [2.75, 3.05) is 0 Å². The molecule has 1 fully saturated rings. The number of benzene rings is 1. The van der Waals surface area contributed by atoms with E-state index in [1.54, 1.807) is 12.1 Å². The number of rotatable bonds is 3. The fraction of sp³-hybridized carbons (Fsp3) is 0.111. The van der Waals surface area contributed by atoms with Gasteiger partial charge in [-0.3, -0.25) is 20.0 Å². The number of amides is 2. The number of pyridine rings is 2. The molecule has 3 heterocycles. The molecule has 0 saturated carbocycles. The summed E-state index contributed by atoms with van der Waals surface area (Å²) in [6.07, 6.45) is 3.30. The maximum Gasteiger partial charge on any atom is 0.270 e. The van der Waals surface area contributed by atoms with Crippen molar-refractivity contribution in [1.82, 2.24) is 20.4 Å². The molecule has 2 amide bonds. The smallest absolute Gasteiger partial charge is 0.270 e. The van der Waals surface area contributed by atoms with E-state index in [0.717, 1.165) is 15.4 Å². The topological polar surface area (TPSA) is 75.2 Å². The third-order valence-corrected chi connectivity index (χ3v) is 5.03. The minimum Gasteiger partial charge on any atom is -0.273 e. The molecular formula is C18H12BrClN4O2. The lowest BCUT2D eigenvalue weighted by Crippen LogP contribution is -2.56. The van der Waals surface area contributed by atoms with E-state index in [4.69, 9.17) is 11.6 Å². The van der Waals surface area contributed by atoms with Gasteiger partial charge in [0.15, 0.2) is 0 Å². The van der Waals surface area contributed by atoms with Crippen LogP contribution in [0.25, 0.3) is 10.9 Å². The van der Waals surface area contributed by atoms with Gasteiger partial charge in [0.05, 0.1) is 18.0 Å². The van der Waals surface area contributed by atoms with Gasteiger partial charge in [-0.25, -0.2) is 9.99 Å². The lowest BCUT2D eigenvalue weighted by molar-refractivity contribution is -0.150. The molecule has 1 aliphatic rings. The zero-order valence-electron chi connectivity index (χ0n) is 13.3. The van der Waals surface area contributed by atoms with Gasteiger partial charge in [-0.2, -0.15) is 0 Å². The first-order chi connectivity index (χ1) is 12.5. The monoisotopic (exact) mass is 430 g/mol. The van der Waals surface area contributed by atoms with Gasteiger partial charge in [0.1, 0.15) is 5.15 Å². The van der Waals surface area contributed by atoms with Gasteiger partial charge in [0.25, 0.3) is 5.91 Å². The van der Waals surface area contributed by atoms with Crippen LogP contribution in [0.4, 0.5) is 0 Å². The Hall–Kier alpha value is -2.51. The highest BCUT2D eigenvalue weighted by Gasteiger charge is 2.40. The number of β-lactam (4-membered cyclic amide) rings is 1. The van der Waals surface area contributed by atoms with Gasteiger partial charge < -0.3 is 0 Å². The summed E-state index contributed by atoms with van der Waals surface area (Å²) in [4.78, 5) is 32.6. The number of halogens is 2. The van der Waals surface area contributed by atoms with Crippen LogP contribution in [0.1, 0.15) is 28.4 Å². The molecule has 1 saturated heterocycles. The molecule has 8 heteroatoms. The Labute approximate surface area is 162 Å². The molecule has 1 aliphatic heterocycles. The van der Waals surface area contributed by atoms with E-state index in [1.165, 1.54) is 17.4 Å². The lowest BCUT2D eigenvalue weighted by Gasteiger charge is -2.40. The summed E-state index contributed by atoms with van der Waals surface area (Å²) < 4.78 is 0.924. The Kier molecular flexibility index (Phi) is 4.34. The van der Waals surface area contributed by atoms with E-state index in [1.807, 2.05) is 24.3 Å². The highest BCUT2D eigenvalue weighted by Crippen LogP contribution is 2.37. The molecule has 0 aliphatic carbocycles. The quantitative estimate of drug-likeness (QED) is 0.507. The predicted octanol–water partition coefficient (Wildman–Crippen LogP) is 3.66. The van der Waals surface area contributed by atoms with Crippen LogP contribution in [0.3, 0.4) is 0 Å². The Morgan fingerprint density at radius 2 is 2.00 bits per heavy atom. The number of carbonyl (C=O) groups is 2. The largest absolute Gasteiger partial charge is 0.273 e. The second kappa shape index (κ2) is 6.66. The zero-order chi connectivity index (χ0) is 18.3. The van der Waals surface area contributed by atoms with E-state index in [9.17, 15) is 9.59 Å². The highest BCUT2D eigenvalue weighted by atomic mass is 79.9. The zero-order valence-corrected chi connectivity index (χ0v) is 15.7. The molecule has 2 aromatic heterocycles. The Bertz CT molecular complexity index is 1030. The van der Waals surface area contributed by atoms with Crippen molar-refractivity contribution in [3.8, 4) is 0 Å². The number of hydrogen-bond donors (Lipinski definition) is 1. The van der Waals surface area contributed by atoms with Gasteiger partial charge in [-0.05, 0) is 36.4 Å². The minimum absolute atomic E-state index is 0.178. The molecule has 26 heavy (non-hydrogen) atoms. The van der Waals surface area contributed by atoms with Crippen LogP contribution in [-0.2, 0) is 4.79 Å². The number of nitrogens with one attached hydrogen (secondary N) is 1. The van der Waals surface area contributed by atoms with E-state index in [2.05, 4.69) is 31.3 Å². The van der Waals surface area contributed by atoms with Crippen molar-refractivity contribution < 1.29 is 9.59 Å². The van der Waals surface area contributed by atoms with Crippen molar-refractivity contribution in [2.24, 2.45) is 0 Å². The molecule has 130 valence electrons. The van der Waals surface area contributed by atoms with Crippen molar-refractivity contribution >= 4 is 50.2 Å². The maximum absolute atomic E-state index is 12.3. The van der Waals surface area contributed by atoms with Gasteiger partial charge >= 0.3 is 0 Å². The van der Waals surface area contributed by atoms with Crippen molar-refractivity contribution in [1.29, 1.82) is 0 Å². The van der Waals surface area contributed by atoms with Crippen LogP contribution in [0, 0.1) is 0 Å². The van der Waals surface area contributed by atoms with Crippen LogP contribution in [-0.4, -0.2) is 26.8 Å². The third-order valence-electron chi connectivity index (χ3n) is 4.23. The Balaban J connectivity index is 1.63. The van der Waals surface area contributed by atoms with E-state index >= 15 is 0 Å². The summed E-state index contributed by atoms with van der Waals surface area (Å²) in [7, 11) is 0. The highest BCUT2D eigenvalue weighted by molar-refractivity contribution is 9.10. The number of nitrogens with zero attached hydrogens (tertiary/aromatic N) is 3. The maximum atomic E-state index is 12.3. The number of carbonyl (C=O) groups excluding carboxylic acids is 2. The van der Waals surface area contributed by atoms with E-state index in [0.29, 0.717) is 16.3 Å². The summed E-state index contributed by atoms with van der Waals surface area (Å²) in [5.41, 5.74) is 4.53. The summed E-state index contributed by atoms with van der Waals surface area (Å²) in [6.45, 7) is 0. The van der Waals surface area contributed by atoms with Crippen molar-refractivity contribution in [3.63, 3.8) is 0 Å². The van der Waals surface area contributed by atoms with Gasteiger partial charge in [0.2, 0.25) is 5.91 Å². The molecule has 0 spiro atoms. The summed E-state index contributed by atoms with van der Waals surface area (Å²) >= 11 is 9.77. The minimum atomic E-state index is -0.377. The van der Waals surface area contributed by atoms with Gasteiger partial charge in [0, 0.05) is 33.4 Å². The first-order valence-electron chi connectivity index (χ1n) is 7.82. The molecule has 1 N–H and O–H groups in total. The molecule has 4 rings (SSSR count). The lowest BCUT2D eigenvalue weighted by atomic mass is 9.96. The predicted molar refractivity (Wildman–Crippen MR) is 100 cm³/mol. The van der Waals surface area contributed by atoms with Crippen LogP contribution >= 0.6 is 27.5 Å². The summed E-state index contributed by atoms with van der Waals surface area (Å²) in [6, 6.07) is 10.4. The third kappa shape index (κ3) is 3.04. The number of fused-ring (bicyclic) bond motifs is 1. The number of aromatic nitrogens is 2. The normalized spacial score (nSPS) is 16.5.